The van der Waals surface area contributed by atoms with E-state index in [1.165, 1.54) is 0 Å². The number of aromatic nitrogens is 2. The van der Waals surface area contributed by atoms with Crippen molar-refractivity contribution in [1.82, 2.24) is 25.1 Å². The van der Waals surface area contributed by atoms with Crippen LogP contribution in [0, 0.1) is 0 Å². The van der Waals surface area contributed by atoms with E-state index in [1.54, 1.807) is 41.3 Å². The third kappa shape index (κ3) is 4.40. The summed E-state index contributed by atoms with van der Waals surface area (Å²) in [6, 6.07) is 13.0. The molecule has 3 aromatic rings. The van der Waals surface area contributed by atoms with Crippen molar-refractivity contribution in [1.29, 1.82) is 0 Å². The average molecular weight is 460 g/mol. The minimum absolute atomic E-state index is 0.106. The second-order valence-electron chi connectivity index (χ2n) is 8.45. The second-order valence-corrected chi connectivity index (χ2v) is 8.45. The van der Waals surface area contributed by atoms with E-state index in [4.69, 9.17) is 0 Å². The van der Waals surface area contributed by atoms with Crippen LogP contribution in [0.3, 0.4) is 0 Å². The van der Waals surface area contributed by atoms with Crippen LogP contribution in [0.1, 0.15) is 22.6 Å². The fourth-order valence-electron chi connectivity index (χ4n) is 4.34. The molecule has 3 N–H and O–H groups in total. The topological polar surface area (TPSA) is 128 Å². The average Bonchev–Trinajstić information content (AvgIpc) is 2.95. The molecule has 0 bridgehead atoms. The standard InChI is InChI=1S/C24H24N6O4/c31-21(13-19-24(34)26-18-8-4-2-6-16(18)22(32)27-19)30-11-9-29(10-12-30)14-20-25-17-7-3-1-5-15(17)23(33)28-20/h1-8,19H,9-14H2,(H,26,34)(H,27,32)(H,25,28,33)/t19-/m1/s1. The van der Waals surface area contributed by atoms with Gasteiger partial charge in [-0.2, -0.15) is 0 Å². The molecule has 1 fully saturated rings. The first-order chi connectivity index (χ1) is 16.5. The molecule has 1 atom stereocenters. The zero-order valence-electron chi connectivity index (χ0n) is 18.4. The molecular weight excluding hydrogens is 436 g/mol. The first-order valence-corrected chi connectivity index (χ1v) is 11.2. The zero-order valence-corrected chi connectivity index (χ0v) is 18.4. The lowest BCUT2D eigenvalue weighted by Gasteiger charge is -2.35. The van der Waals surface area contributed by atoms with Gasteiger partial charge in [0.1, 0.15) is 11.9 Å². The van der Waals surface area contributed by atoms with Gasteiger partial charge in [0.25, 0.3) is 11.5 Å². The van der Waals surface area contributed by atoms with Gasteiger partial charge in [-0.3, -0.25) is 24.1 Å². The lowest BCUT2D eigenvalue weighted by atomic mass is 10.1. The number of hydrogen-bond donors (Lipinski definition) is 3. The fraction of sp³-hybridized carbons (Fsp3) is 0.292. The molecule has 3 amide bonds. The number of H-pyrrole nitrogens is 1. The van der Waals surface area contributed by atoms with Gasteiger partial charge < -0.3 is 20.5 Å². The molecule has 5 rings (SSSR count). The van der Waals surface area contributed by atoms with Crippen molar-refractivity contribution < 1.29 is 14.4 Å². The first kappa shape index (κ1) is 21.8. The van der Waals surface area contributed by atoms with Crippen LogP contribution in [-0.4, -0.2) is 69.7 Å². The van der Waals surface area contributed by atoms with Crippen LogP contribution >= 0.6 is 0 Å². The molecule has 3 heterocycles. The summed E-state index contributed by atoms with van der Waals surface area (Å²) in [5.74, 6) is -0.394. The van der Waals surface area contributed by atoms with E-state index in [-0.39, 0.29) is 23.8 Å². The third-order valence-corrected chi connectivity index (χ3v) is 6.19. The molecule has 2 aliphatic rings. The van der Waals surface area contributed by atoms with Crippen LogP contribution in [-0.2, 0) is 16.1 Å². The summed E-state index contributed by atoms with van der Waals surface area (Å²) in [5, 5.41) is 5.95. The maximum atomic E-state index is 12.9. The number of fused-ring (bicyclic) bond motifs is 2. The maximum Gasteiger partial charge on any atom is 0.258 e. The van der Waals surface area contributed by atoms with Crippen LogP contribution in [0.2, 0.25) is 0 Å². The molecule has 10 heteroatoms. The maximum absolute atomic E-state index is 12.9. The molecule has 2 aromatic carbocycles. The van der Waals surface area contributed by atoms with E-state index < -0.39 is 11.9 Å². The van der Waals surface area contributed by atoms with E-state index >= 15 is 0 Å². The predicted molar refractivity (Wildman–Crippen MR) is 125 cm³/mol. The summed E-state index contributed by atoms with van der Waals surface area (Å²) in [5.41, 5.74) is 1.30. The Morgan fingerprint density at radius 3 is 2.53 bits per heavy atom. The summed E-state index contributed by atoms with van der Waals surface area (Å²) < 4.78 is 0. The van der Waals surface area contributed by atoms with E-state index in [1.807, 2.05) is 12.1 Å². The number of para-hydroxylation sites is 2. The Morgan fingerprint density at radius 2 is 1.71 bits per heavy atom. The molecule has 2 aliphatic heterocycles. The number of hydrogen-bond acceptors (Lipinski definition) is 6. The fourth-order valence-corrected chi connectivity index (χ4v) is 4.34. The van der Waals surface area contributed by atoms with Gasteiger partial charge in [-0.1, -0.05) is 24.3 Å². The highest BCUT2D eigenvalue weighted by Crippen LogP contribution is 2.19. The molecule has 0 aliphatic carbocycles. The number of rotatable bonds is 4. The van der Waals surface area contributed by atoms with E-state index in [0.717, 1.165) is 0 Å². The number of piperazine rings is 1. The molecular formula is C24H24N6O4. The number of carbonyl (C=O) groups excluding carboxylic acids is 3. The number of carbonyl (C=O) groups is 3. The van der Waals surface area contributed by atoms with Crippen LogP contribution in [0.4, 0.5) is 5.69 Å². The van der Waals surface area contributed by atoms with Gasteiger partial charge in [0, 0.05) is 26.2 Å². The minimum Gasteiger partial charge on any atom is -0.340 e. The summed E-state index contributed by atoms with van der Waals surface area (Å²) in [6.07, 6.45) is -0.106. The Hall–Kier alpha value is -4.05. The van der Waals surface area contributed by atoms with Gasteiger partial charge in [-0.05, 0) is 24.3 Å². The van der Waals surface area contributed by atoms with Crippen molar-refractivity contribution >= 4 is 34.3 Å². The lowest BCUT2D eigenvalue weighted by Crippen LogP contribution is -2.51. The van der Waals surface area contributed by atoms with Gasteiger partial charge in [0.15, 0.2) is 0 Å². The minimum atomic E-state index is -0.933. The Bertz CT molecular complexity index is 1330. The highest BCUT2D eigenvalue weighted by Gasteiger charge is 2.31. The normalized spacial score (nSPS) is 18.7. The number of anilines is 1. The molecule has 0 radical (unpaired) electrons. The Morgan fingerprint density at radius 1 is 0.971 bits per heavy atom. The summed E-state index contributed by atoms with van der Waals surface area (Å²) in [6.45, 7) is 2.66. The van der Waals surface area contributed by atoms with Gasteiger partial charge >= 0.3 is 0 Å². The molecule has 0 unspecified atom stereocenters. The number of nitrogens with zero attached hydrogens (tertiary/aromatic N) is 3. The highest BCUT2D eigenvalue weighted by molar-refractivity contribution is 6.10. The quantitative estimate of drug-likeness (QED) is 0.526. The molecule has 1 saturated heterocycles. The molecule has 10 nitrogen and oxygen atoms in total. The number of benzene rings is 2. The van der Waals surface area contributed by atoms with Crippen molar-refractivity contribution in [2.75, 3.05) is 31.5 Å². The van der Waals surface area contributed by atoms with Crippen LogP contribution in [0.5, 0.6) is 0 Å². The van der Waals surface area contributed by atoms with Gasteiger partial charge in [-0.15, -0.1) is 0 Å². The van der Waals surface area contributed by atoms with Crippen LogP contribution < -0.4 is 16.2 Å². The predicted octanol–water partition coefficient (Wildman–Crippen LogP) is 0.708. The smallest absolute Gasteiger partial charge is 0.258 e. The van der Waals surface area contributed by atoms with Crippen molar-refractivity contribution in [3.63, 3.8) is 0 Å². The first-order valence-electron chi connectivity index (χ1n) is 11.2. The second kappa shape index (κ2) is 9.06. The number of aromatic amines is 1. The summed E-state index contributed by atoms with van der Waals surface area (Å²) >= 11 is 0. The van der Waals surface area contributed by atoms with Gasteiger partial charge in [0.05, 0.1) is 35.1 Å². The number of nitrogens with one attached hydrogen (secondary N) is 3. The largest absolute Gasteiger partial charge is 0.340 e. The molecule has 1 aromatic heterocycles. The Balaban J connectivity index is 1.18. The van der Waals surface area contributed by atoms with Crippen molar-refractivity contribution in [2.24, 2.45) is 0 Å². The van der Waals surface area contributed by atoms with Gasteiger partial charge in [-0.25, -0.2) is 4.98 Å². The van der Waals surface area contributed by atoms with Crippen molar-refractivity contribution in [3.8, 4) is 0 Å². The zero-order chi connectivity index (χ0) is 23.7. The molecule has 0 saturated carbocycles. The Kier molecular flexibility index (Phi) is 5.81. The molecule has 34 heavy (non-hydrogen) atoms. The molecule has 174 valence electrons. The lowest BCUT2D eigenvalue weighted by molar-refractivity contribution is -0.135. The van der Waals surface area contributed by atoms with E-state index in [9.17, 15) is 19.2 Å². The molecule has 0 spiro atoms. The van der Waals surface area contributed by atoms with E-state index in [2.05, 4.69) is 25.5 Å². The van der Waals surface area contributed by atoms with E-state index in [0.29, 0.717) is 60.7 Å². The summed E-state index contributed by atoms with van der Waals surface area (Å²) in [7, 11) is 0. The SMILES string of the molecule is O=C1N[C@H](CC(=O)N2CCN(Cc3nc4ccccc4c(=O)[nH]3)CC2)C(=O)Nc2ccccc21. The third-order valence-electron chi connectivity index (χ3n) is 6.19. The Labute approximate surface area is 195 Å². The van der Waals surface area contributed by atoms with Crippen LogP contribution in [0.25, 0.3) is 10.9 Å². The summed E-state index contributed by atoms with van der Waals surface area (Å²) in [4.78, 5) is 61.4. The van der Waals surface area contributed by atoms with Crippen molar-refractivity contribution in [3.05, 3.63) is 70.3 Å². The number of amides is 3. The highest BCUT2D eigenvalue weighted by atomic mass is 16.2. The van der Waals surface area contributed by atoms with Gasteiger partial charge in [0.2, 0.25) is 11.8 Å². The van der Waals surface area contributed by atoms with Crippen molar-refractivity contribution in [2.45, 2.75) is 19.0 Å². The monoisotopic (exact) mass is 460 g/mol. The van der Waals surface area contributed by atoms with Crippen LogP contribution in [0.15, 0.2) is 53.3 Å².